The minimum Gasteiger partial charge on any atom is -0.464 e. The minimum absolute atomic E-state index is 0.0298. The van der Waals surface area contributed by atoms with Gasteiger partial charge in [-0.25, -0.2) is 4.79 Å². The fourth-order valence-electron chi connectivity index (χ4n) is 5.34. The van der Waals surface area contributed by atoms with E-state index in [2.05, 4.69) is 20.8 Å². The van der Waals surface area contributed by atoms with Crippen LogP contribution in [0.25, 0.3) is 0 Å². The molecule has 0 bridgehead atoms. The lowest BCUT2D eigenvalue weighted by molar-refractivity contribution is -0.158. The molecule has 29 heavy (non-hydrogen) atoms. The molecule has 160 valence electrons. The van der Waals surface area contributed by atoms with E-state index in [9.17, 15) is 9.59 Å². The van der Waals surface area contributed by atoms with Crippen LogP contribution in [0.5, 0.6) is 0 Å². The third kappa shape index (κ3) is 4.35. The summed E-state index contributed by atoms with van der Waals surface area (Å²) in [4.78, 5) is 28.7. The molecule has 2 fully saturated rings. The number of amides is 1. The fourth-order valence-corrected chi connectivity index (χ4v) is 5.34. The summed E-state index contributed by atoms with van der Waals surface area (Å²) in [5.41, 5.74) is 7.57. The van der Waals surface area contributed by atoms with Gasteiger partial charge in [-0.05, 0) is 30.7 Å². The average Bonchev–Trinajstić information content (AvgIpc) is 3.02. The molecular weight excluding hydrogens is 364 g/mol. The average molecular weight is 401 g/mol. The van der Waals surface area contributed by atoms with Crippen molar-refractivity contribution in [3.05, 3.63) is 35.9 Å². The summed E-state index contributed by atoms with van der Waals surface area (Å²) < 4.78 is 5.46. The van der Waals surface area contributed by atoms with E-state index >= 15 is 0 Å². The lowest BCUT2D eigenvalue weighted by atomic mass is 9.73. The van der Waals surface area contributed by atoms with E-state index in [4.69, 9.17) is 10.5 Å². The van der Waals surface area contributed by atoms with Gasteiger partial charge in [0.25, 0.3) is 0 Å². The number of nitrogens with two attached hydrogens (primary N) is 1. The maximum absolute atomic E-state index is 13.8. The Hall–Kier alpha value is -1.88. The monoisotopic (exact) mass is 400 g/mol. The van der Waals surface area contributed by atoms with E-state index in [1.807, 2.05) is 35.2 Å². The molecule has 0 radical (unpaired) electrons. The molecule has 1 saturated heterocycles. The summed E-state index contributed by atoms with van der Waals surface area (Å²) >= 11 is 0. The van der Waals surface area contributed by atoms with Crippen LogP contribution in [0.2, 0.25) is 0 Å². The Morgan fingerprint density at radius 2 is 1.72 bits per heavy atom. The van der Waals surface area contributed by atoms with Crippen molar-refractivity contribution in [3.63, 3.8) is 0 Å². The van der Waals surface area contributed by atoms with Crippen LogP contribution in [0.1, 0.15) is 71.4 Å². The Balaban J connectivity index is 2.09. The maximum atomic E-state index is 13.8. The van der Waals surface area contributed by atoms with Gasteiger partial charge in [-0.3, -0.25) is 4.79 Å². The lowest BCUT2D eigenvalue weighted by Gasteiger charge is -2.36. The second-order valence-corrected chi connectivity index (χ2v) is 9.60. The highest BCUT2D eigenvalue weighted by Crippen LogP contribution is 2.48. The Morgan fingerprint density at radius 1 is 1.10 bits per heavy atom. The van der Waals surface area contributed by atoms with Crippen molar-refractivity contribution >= 4 is 11.9 Å². The number of ether oxygens (including phenoxy) is 1. The Bertz CT molecular complexity index is 707. The zero-order valence-electron chi connectivity index (χ0n) is 18.3. The topological polar surface area (TPSA) is 72.6 Å². The summed E-state index contributed by atoms with van der Waals surface area (Å²) in [7, 11) is 0. The minimum atomic E-state index is -0.649. The van der Waals surface area contributed by atoms with E-state index in [1.54, 1.807) is 6.92 Å². The van der Waals surface area contributed by atoms with Gasteiger partial charge in [0.05, 0.1) is 12.6 Å². The van der Waals surface area contributed by atoms with E-state index in [-0.39, 0.29) is 41.2 Å². The van der Waals surface area contributed by atoms with Crippen LogP contribution in [0, 0.1) is 17.3 Å². The molecule has 1 amide bonds. The summed E-state index contributed by atoms with van der Waals surface area (Å²) in [6.45, 7) is 8.39. The number of hydrogen-bond donors (Lipinski definition) is 1. The molecule has 5 heteroatoms. The van der Waals surface area contributed by atoms with Crippen LogP contribution < -0.4 is 5.73 Å². The van der Waals surface area contributed by atoms with Gasteiger partial charge in [-0.2, -0.15) is 0 Å². The van der Waals surface area contributed by atoms with E-state index in [1.165, 1.54) is 6.42 Å². The molecular formula is C24H36N2O3. The van der Waals surface area contributed by atoms with Crippen molar-refractivity contribution in [2.45, 2.75) is 77.9 Å². The van der Waals surface area contributed by atoms with Crippen LogP contribution >= 0.6 is 0 Å². The quantitative estimate of drug-likeness (QED) is 0.773. The Morgan fingerprint density at radius 3 is 2.28 bits per heavy atom. The van der Waals surface area contributed by atoms with Gasteiger partial charge in [0.1, 0.15) is 6.04 Å². The van der Waals surface area contributed by atoms with E-state index in [0.29, 0.717) is 6.61 Å². The zero-order chi connectivity index (χ0) is 21.2. The van der Waals surface area contributed by atoms with Crippen molar-refractivity contribution in [1.29, 1.82) is 0 Å². The molecule has 3 rings (SSSR count). The standard InChI is InChI=1S/C24H36N2O3/c1-5-29-23(28)21-18(24(2,3)4)19(25)20(16-12-8-6-9-13-16)26(21)22(27)17-14-10-7-11-15-17/h6,8-9,12-13,17-21H,5,7,10-11,14-15,25H2,1-4H3/t18-,19-,20-,21-/m1/s1. The first-order valence-electron chi connectivity index (χ1n) is 11.1. The van der Waals surface area contributed by atoms with Crippen molar-refractivity contribution in [1.82, 2.24) is 4.90 Å². The molecule has 0 unspecified atom stereocenters. The highest BCUT2D eigenvalue weighted by molar-refractivity contribution is 5.88. The van der Waals surface area contributed by atoms with E-state index in [0.717, 1.165) is 31.2 Å². The Labute approximate surface area is 175 Å². The zero-order valence-corrected chi connectivity index (χ0v) is 18.3. The molecule has 0 aromatic heterocycles. The Kier molecular flexibility index (Phi) is 6.67. The number of nitrogens with zero attached hydrogens (tertiary/aromatic N) is 1. The SMILES string of the molecule is CCOC(=O)[C@H]1[C@H](C(C)(C)C)[C@@H](N)[C@@H](c2ccccc2)N1C(=O)C1CCCCC1. The van der Waals surface area contributed by atoms with E-state index < -0.39 is 6.04 Å². The number of carbonyl (C=O) groups is 2. The number of likely N-dealkylation sites (tertiary alicyclic amines) is 1. The molecule has 1 saturated carbocycles. The highest BCUT2D eigenvalue weighted by atomic mass is 16.5. The molecule has 1 aliphatic heterocycles. The van der Waals surface area contributed by atoms with Crippen molar-refractivity contribution in [2.75, 3.05) is 6.61 Å². The molecule has 1 aromatic carbocycles. The summed E-state index contributed by atoms with van der Waals surface area (Å²) in [5, 5.41) is 0. The molecule has 1 heterocycles. The summed E-state index contributed by atoms with van der Waals surface area (Å²) in [5.74, 6) is -0.471. The number of hydrogen-bond acceptors (Lipinski definition) is 4. The highest BCUT2D eigenvalue weighted by Gasteiger charge is 2.57. The molecule has 4 atom stereocenters. The second-order valence-electron chi connectivity index (χ2n) is 9.60. The molecule has 1 aromatic rings. The molecule has 5 nitrogen and oxygen atoms in total. The van der Waals surface area contributed by atoms with Gasteiger partial charge in [-0.15, -0.1) is 0 Å². The number of esters is 1. The third-order valence-electron chi connectivity index (χ3n) is 6.60. The lowest BCUT2D eigenvalue weighted by Crippen LogP contribution is -2.50. The van der Waals surface area contributed by atoms with Gasteiger partial charge in [0.15, 0.2) is 0 Å². The van der Waals surface area contributed by atoms with Gasteiger partial charge < -0.3 is 15.4 Å². The van der Waals surface area contributed by atoms with Gasteiger partial charge in [0.2, 0.25) is 5.91 Å². The smallest absolute Gasteiger partial charge is 0.329 e. The maximum Gasteiger partial charge on any atom is 0.329 e. The van der Waals surface area contributed by atoms with Crippen molar-refractivity contribution in [3.8, 4) is 0 Å². The van der Waals surface area contributed by atoms with Crippen LogP contribution in [0.15, 0.2) is 30.3 Å². The predicted octanol–water partition coefficient (Wildman–Crippen LogP) is 4.07. The normalized spacial score (nSPS) is 28.4. The molecule has 2 aliphatic rings. The molecule has 2 N–H and O–H groups in total. The second kappa shape index (κ2) is 8.86. The largest absolute Gasteiger partial charge is 0.464 e. The van der Waals surface area contributed by atoms with Crippen LogP contribution in [0.3, 0.4) is 0 Å². The van der Waals surface area contributed by atoms with Crippen LogP contribution in [-0.2, 0) is 14.3 Å². The van der Waals surface area contributed by atoms with Crippen LogP contribution in [-0.4, -0.2) is 35.5 Å². The van der Waals surface area contributed by atoms with Gasteiger partial charge >= 0.3 is 5.97 Å². The first-order chi connectivity index (χ1) is 13.8. The summed E-state index contributed by atoms with van der Waals surface area (Å²) in [6.07, 6.45) is 5.10. The summed E-state index contributed by atoms with van der Waals surface area (Å²) in [6, 6.07) is 8.62. The predicted molar refractivity (Wildman–Crippen MR) is 114 cm³/mol. The van der Waals surface area contributed by atoms with Gasteiger partial charge in [-0.1, -0.05) is 70.4 Å². The number of carbonyl (C=O) groups excluding carboxylic acids is 2. The number of benzene rings is 1. The first kappa shape index (κ1) is 21.8. The molecule has 0 spiro atoms. The first-order valence-corrected chi connectivity index (χ1v) is 11.1. The van der Waals surface area contributed by atoms with Gasteiger partial charge in [0, 0.05) is 17.9 Å². The third-order valence-corrected chi connectivity index (χ3v) is 6.60. The van der Waals surface area contributed by atoms with Crippen LogP contribution in [0.4, 0.5) is 0 Å². The molecule has 1 aliphatic carbocycles. The fraction of sp³-hybridized carbons (Fsp3) is 0.667. The van der Waals surface area contributed by atoms with Crippen molar-refractivity contribution < 1.29 is 14.3 Å². The number of rotatable bonds is 4. The van der Waals surface area contributed by atoms with Crippen molar-refractivity contribution in [2.24, 2.45) is 23.0 Å².